The molecule has 22 heavy (non-hydrogen) atoms. The Labute approximate surface area is 137 Å². The summed E-state index contributed by atoms with van der Waals surface area (Å²) in [6, 6.07) is 15.4. The van der Waals surface area contributed by atoms with E-state index in [0.29, 0.717) is 5.75 Å². The monoisotopic (exact) mass is 355 g/mol. The molecule has 0 saturated heterocycles. The molecule has 0 atom stereocenters. The van der Waals surface area contributed by atoms with E-state index >= 15 is 0 Å². The lowest BCUT2D eigenvalue weighted by Gasteiger charge is -2.06. The molecule has 0 unspecified atom stereocenters. The van der Waals surface area contributed by atoms with Gasteiger partial charge in [0.2, 0.25) is 0 Å². The predicted octanol–water partition coefficient (Wildman–Crippen LogP) is 4.88. The van der Waals surface area contributed by atoms with Crippen molar-refractivity contribution in [2.24, 2.45) is 0 Å². The first kappa shape index (κ1) is 14.6. The van der Waals surface area contributed by atoms with Crippen molar-refractivity contribution in [3.63, 3.8) is 0 Å². The highest BCUT2D eigenvalue weighted by atomic mass is 79.9. The number of hydrogen-bond donors (Lipinski definition) is 1. The molecule has 1 heterocycles. The number of aromatic hydroxyl groups is 1. The highest BCUT2D eigenvalue weighted by Gasteiger charge is 2.06. The fourth-order valence-electron chi connectivity index (χ4n) is 2.20. The number of nitrogens with zero attached hydrogens (tertiary/aromatic N) is 1. The summed E-state index contributed by atoms with van der Waals surface area (Å²) in [6.45, 7) is 0. The SMILES string of the molecule is COc1cc(/C=C/c2ccc3ccccc3n2)c(Br)cc1O. The van der Waals surface area contributed by atoms with E-state index in [4.69, 9.17) is 4.74 Å². The summed E-state index contributed by atoms with van der Waals surface area (Å²) in [5.41, 5.74) is 2.74. The molecular weight excluding hydrogens is 342 g/mol. The number of aromatic nitrogens is 1. The standard InChI is InChI=1S/C18H14BrNO2/c1-22-18-10-13(15(19)11-17(18)21)7-9-14-8-6-12-4-2-3-5-16(12)20-14/h2-11,21H,1H3/b9-7+. The van der Waals surface area contributed by atoms with Gasteiger partial charge < -0.3 is 9.84 Å². The molecule has 4 heteroatoms. The number of halogens is 1. The summed E-state index contributed by atoms with van der Waals surface area (Å²) in [4.78, 5) is 4.60. The van der Waals surface area contributed by atoms with Gasteiger partial charge in [0.25, 0.3) is 0 Å². The van der Waals surface area contributed by atoms with Gasteiger partial charge in [-0.05, 0) is 35.9 Å². The van der Waals surface area contributed by atoms with Crippen LogP contribution in [0.4, 0.5) is 0 Å². The molecule has 0 spiro atoms. The van der Waals surface area contributed by atoms with Gasteiger partial charge in [-0.2, -0.15) is 0 Å². The summed E-state index contributed by atoms with van der Waals surface area (Å²) >= 11 is 3.44. The van der Waals surface area contributed by atoms with E-state index < -0.39 is 0 Å². The van der Waals surface area contributed by atoms with Crippen LogP contribution in [0.5, 0.6) is 11.5 Å². The van der Waals surface area contributed by atoms with E-state index in [0.717, 1.165) is 26.6 Å². The maximum atomic E-state index is 9.73. The summed E-state index contributed by atoms with van der Waals surface area (Å²) in [6.07, 6.45) is 3.87. The van der Waals surface area contributed by atoms with E-state index in [1.165, 1.54) is 7.11 Å². The van der Waals surface area contributed by atoms with Gasteiger partial charge in [0.15, 0.2) is 11.5 Å². The third-order valence-corrected chi connectivity index (χ3v) is 4.04. The van der Waals surface area contributed by atoms with Crippen molar-refractivity contribution in [1.29, 1.82) is 0 Å². The second kappa shape index (κ2) is 6.20. The van der Waals surface area contributed by atoms with Crippen LogP contribution in [0.25, 0.3) is 23.1 Å². The predicted molar refractivity (Wildman–Crippen MR) is 93.0 cm³/mol. The molecule has 0 radical (unpaired) electrons. The highest BCUT2D eigenvalue weighted by Crippen LogP contribution is 2.33. The molecule has 110 valence electrons. The first-order valence-corrected chi connectivity index (χ1v) is 7.57. The molecule has 0 aliphatic heterocycles. The van der Waals surface area contributed by atoms with Crippen molar-refractivity contribution in [3.05, 3.63) is 64.3 Å². The molecule has 3 rings (SSSR count). The number of rotatable bonds is 3. The van der Waals surface area contributed by atoms with Crippen molar-refractivity contribution in [2.45, 2.75) is 0 Å². The molecular formula is C18H14BrNO2. The molecule has 3 aromatic rings. The molecule has 2 aromatic carbocycles. The molecule has 1 N–H and O–H groups in total. The van der Waals surface area contributed by atoms with Crippen molar-refractivity contribution < 1.29 is 9.84 Å². The lowest BCUT2D eigenvalue weighted by Crippen LogP contribution is -1.86. The first-order chi connectivity index (χ1) is 10.7. The van der Waals surface area contributed by atoms with E-state index in [-0.39, 0.29) is 5.75 Å². The largest absolute Gasteiger partial charge is 0.504 e. The van der Waals surface area contributed by atoms with Crippen molar-refractivity contribution in [3.8, 4) is 11.5 Å². The van der Waals surface area contributed by atoms with Crippen LogP contribution in [-0.2, 0) is 0 Å². The normalized spacial score (nSPS) is 11.2. The molecule has 0 saturated carbocycles. The molecule has 0 bridgehead atoms. The summed E-state index contributed by atoms with van der Waals surface area (Å²) in [5, 5.41) is 10.8. The average Bonchev–Trinajstić information content (AvgIpc) is 2.54. The Morgan fingerprint density at radius 2 is 1.91 bits per heavy atom. The van der Waals surface area contributed by atoms with Gasteiger partial charge >= 0.3 is 0 Å². The Hall–Kier alpha value is -2.33. The summed E-state index contributed by atoms with van der Waals surface area (Å²) < 4.78 is 5.92. The van der Waals surface area contributed by atoms with Crippen LogP contribution in [-0.4, -0.2) is 17.2 Å². The Morgan fingerprint density at radius 3 is 2.73 bits per heavy atom. The number of benzene rings is 2. The van der Waals surface area contributed by atoms with Gasteiger partial charge in [-0.1, -0.05) is 46.3 Å². The van der Waals surface area contributed by atoms with Gasteiger partial charge in [0.05, 0.1) is 18.3 Å². The lowest BCUT2D eigenvalue weighted by atomic mass is 10.1. The zero-order valence-electron chi connectivity index (χ0n) is 12.0. The number of hydrogen-bond acceptors (Lipinski definition) is 3. The third kappa shape index (κ3) is 2.97. The smallest absolute Gasteiger partial charge is 0.161 e. The molecule has 0 fully saturated rings. The number of para-hydroxylation sites is 1. The first-order valence-electron chi connectivity index (χ1n) is 6.78. The van der Waals surface area contributed by atoms with Crippen LogP contribution in [0.2, 0.25) is 0 Å². The zero-order valence-corrected chi connectivity index (χ0v) is 13.5. The number of fused-ring (bicyclic) bond motifs is 1. The number of pyridine rings is 1. The topological polar surface area (TPSA) is 42.4 Å². The molecule has 1 aromatic heterocycles. The average molecular weight is 356 g/mol. The minimum absolute atomic E-state index is 0.107. The van der Waals surface area contributed by atoms with Gasteiger partial charge in [-0.3, -0.25) is 0 Å². The third-order valence-electron chi connectivity index (χ3n) is 3.35. The second-order valence-electron chi connectivity index (χ2n) is 4.81. The van der Waals surface area contributed by atoms with E-state index in [1.54, 1.807) is 12.1 Å². The number of methoxy groups -OCH3 is 1. The molecule has 0 amide bonds. The Morgan fingerprint density at radius 1 is 1.09 bits per heavy atom. The quantitative estimate of drug-likeness (QED) is 0.727. The Kier molecular flexibility index (Phi) is 4.11. The maximum Gasteiger partial charge on any atom is 0.161 e. The van der Waals surface area contributed by atoms with Crippen LogP contribution in [0.3, 0.4) is 0 Å². The minimum Gasteiger partial charge on any atom is -0.504 e. The molecule has 0 aliphatic rings. The van der Waals surface area contributed by atoms with Gasteiger partial charge in [0, 0.05) is 9.86 Å². The van der Waals surface area contributed by atoms with E-state index in [1.807, 2.05) is 42.5 Å². The second-order valence-corrected chi connectivity index (χ2v) is 5.66. The molecule has 0 aliphatic carbocycles. The zero-order chi connectivity index (χ0) is 15.5. The molecule has 3 nitrogen and oxygen atoms in total. The van der Waals surface area contributed by atoms with Crippen LogP contribution >= 0.6 is 15.9 Å². The van der Waals surface area contributed by atoms with Crippen molar-refractivity contribution in [1.82, 2.24) is 4.98 Å². The highest BCUT2D eigenvalue weighted by molar-refractivity contribution is 9.10. The van der Waals surface area contributed by atoms with Crippen LogP contribution in [0, 0.1) is 0 Å². The Bertz CT molecular complexity index is 859. The van der Waals surface area contributed by atoms with Crippen molar-refractivity contribution in [2.75, 3.05) is 7.11 Å². The van der Waals surface area contributed by atoms with E-state index in [2.05, 4.69) is 27.0 Å². The van der Waals surface area contributed by atoms with E-state index in [9.17, 15) is 5.11 Å². The number of ether oxygens (including phenoxy) is 1. The Balaban J connectivity index is 1.95. The van der Waals surface area contributed by atoms with Crippen LogP contribution < -0.4 is 4.74 Å². The van der Waals surface area contributed by atoms with Gasteiger partial charge in [-0.25, -0.2) is 4.98 Å². The van der Waals surface area contributed by atoms with Gasteiger partial charge in [0.1, 0.15) is 0 Å². The summed E-state index contributed by atoms with van der Waals surface area (Å²) in [7, 11) is 1.53. The summed E-state index contributed by atoms with van der Waals surface area (Å²) in [5.74, 6) is 0.546. The fourth-order valence-corrected chi connectivity index (χ4v) is 2.66. The van der Waals surface area contributed by atoms with Crippen LogP contribution in [0.1, 0.15) is 11.3 Å². The van der Waals surface area contributed by atoms with Crippen molar-refractivity contribution >= 4 is 39.0 Å². The van der Waals surface area contributed by atoms with Crippen LogP contribution in [0.15, 0.2) is 53.0 Å². The fraction of sp³-hybridized carbons (Fsp3) is 0.0556. The number of phenols is 1. The number of phenolic OH excluding ortho intramolecular Hbond substituents is 1. The lowest BCUT2D eigenvalue weighted by molar-refractivity contribution is 0.373. The maximum absolute atomic E-state index is 9.73. The minimum atomic E-state index is 0.107. The van der Waals surface area contributed by atoms with Gasteiger partial charge in [-0.15, -0.1) is 0 Å².